The SMILES string of the molecule is BBB(B)B(B(B(B)B)B(B)B)c1c(C)c(N=Nc2c(B(BB)B(B)B)c(C)c(N=Nc3c(B)c(C)c(C)c(B(B)BB)c3B(B)B(B)B)c3c(C)c(B(B(B)B)B(B)B(B)B)c(B(B(B)B)B(BB)B(B)B)c(B(B(B)B)B(B(B)B)B(B)B)c23)c(B(B(BB)B(B)B)B(B(B)B)B(B)B)c(B(B(B(B)B)B(B)B)B(B(B)B)B(B)B)c1NC(=O)NC. The molecule has 0 aliphatic carbocycles. The Morgan fingerprint density at radius 1 is 0.285 bits per heavy atom. The third-order valence-corrected chi connectivity index (χ3v) is 33.2. The lowest BCUT2D eigenvalue weighted by Crippen LogP contribution is -2.83. The van der Waals surface area contributed by atoms with Crippen LogP contribution >= 0.6 is 0 Å². The lowest BCUT2D eigenvalue weighted by atomic mass is 8.47. The molecule has 2 amide bonds. The van der Waals surface area contributed by atoms with E-state index in [4.69, 9.17) is 20.5 Å². The van der Waals surface area contributed by atoms with Crippen molar-refractivity contribution in [3.63, 3.8) is 0 Å². The summed E-state index contributed by atoms with van der Waals surface area (Å²) in [5.41, 5.74) is 25.8. The van der Waals surface area contributed by atoms with E-state index in [0.29, 0.717) is 128 Å². The number of anilines is 1. The van der Waals surface area contributed by atoms with Crippen LogP contribution < -0.4 is 65.3 Å². The van der Waals surface area contributed by atoms with Gasteiger partial charge in [-0.1, -0.05) is 54.8 Å². The number of rotatable bonds is 46. The van der Waals surface area contributed by atoms with Crippen LogP contribution in [0.4, 0.5) is 33.2 Å². The van der Waals surface area contributed by atoms with Crippen LogP contribution in [0.1, 0.15) is 27.8 Å². The van der Waals surface area contributed by atoms with Gasteiger partial charge in [-0.25, -0.2) is 4.79 Å². The molecule has 0 heterocycles. The zero-order valence-electron chi connectivity index (χ0n) is 91.0. The Kier molecular flexibility index (Phi) is 48.7. The summed E-state index contributed by atoms with van der Waals surface area (Å²) in [5.74, 6) is 0. The number of fused-ring (bicyclic) bond motifs is 1. The molecule has 530 valence electrons. The van der Waals surface area contributed by atoms with Crippen LogP contribution in [0.15, 0.2) is 20.5 Å². The van der Waals surface area contributed by atoms with E-state index in [0.717, 1.165) is 63.7 Å². The molecule has 0 saturated carbocycles. The monoisotopic (exact) mass is 1520 g/mol. The summed E-state index contributed by atoms with van der Waals surface area (Å²) in [6, 6.07) is -0.154. The van der Waals surface area contributed by atoms with Gasteiger partial charge < -0.3 is 10.6 Å². The summed E-state index contributed by atoms with van der Waals surface area (Å²) in [7, 11) is 123. The van der Waals surface area contributed by atoms with Gasteiger partial charge in [0.15, 0.2) is 0 Å². The molecule has 0 atom stereocenters. The highest BCUT2D eigenvalue weighted by atomic mass is 16.2. The number of hydrogen-bond acceptors (Lipinski definition) is 5. The largest absolute Gasteiger partial charge is 0.341 e. The predicted molar refractivity (Wildman–Crippen MR) is 779 cm³/mol. The van der Waals surface area contributed by atoms with Gasteiger partial charge in [0.25, 0.3) is 0 Å². The number of nitrogens with one attached hydrogen (secondary N) is 2. The van der Waals surface area contributed by atoms with Gasteiger partial charge in [0, 0.05) is 217 Å². The maximum absolute atomic E-state index is 15.8. The third kappa shape index (κ3) is 26.2. The Labute approximate surface area is 819 Å². The normalized spacial score (nSPS) is 10.5. The zero-order chi connectivity index (χ0) is 94.8. The van der Waals surface area contributed by atoms with Gasteiger partial charge in [-0.15, -0.1) is 16.0 Å². The molecule has 0 bridgehead atoms. The van der Waals surface area contributed by atoms with E-state index in [9.17, 15) is 0 Å². The first-order chi connectivity index (χ1) is 56.9. The Morgan fingerprint density at radius 2 is 0.675 bits per heavy atom. The molecular formula is C29H117B87N6O. The van der Waals surface area contributed by atoms with E-state index < -0.39 is 0 Å². The second-order valence-electron chi connectivity index (χ2n) is 47.0. The Bertz CT molecular complexity index is 4070. The van der Waals surface area contributed by atoms with Crippen LogP contribution in [-0.2, 0) is 0 Å². The second-order valence-corrected chi connectivity index (χ2v) is 47.0. The van der Waals surface area contributed by atoms with E-state index >= 15 is 4.79 Å². The lowest BCUT2D eigenvalue weighted by Gasteiger charge is -2.45. The van der Waals surface area contributed by atoms with E-state index in [-0.39, 0.29) is 109 Å². The van der Waals surface area contributed by atoms with Gasteiger partial charge in [-0.2, -0.15) is 15.3 Å². The molecule has 7 nitrogen and oxygen atoms in total. The summed E-state index contributed by atoms with van der Waals surface area (Å²) in [5, 5.41) is 36.0. The van der Waals surface area contributed by atoms with Crippen molar-refractivity contribution in [2.75, 3.05) is 12.4 Å². The van der Waals surface area contributed by atoms with Crippen LogP contribution in [0.2, 0.25) is 0 Å². The maximum Gasteiger partial charge on any atom is 0.318 e. The number of amides is 2. The number of benzene rings is 4. The standard InChI is InChI=1S/C29H117B87N6O/c1-7-8(2)15(81(36)76-31)21(82(37)90(38)39)27(14(7)30)122-119-24-10(4)17(83(77-32)91(40)41)26(13-12(24)9(3)16(84(92(42)43)109(75)95(48)49)20(85(93(44)45)110(79-34)96(50)51)19(13)86(94(46)47)112(98(54)55)99(56)57)121-120-25-11(5)18(87(108(74)78-33)113(100(58)59)101(60)61)28(118-29(123)117-6)23(89(115(104(66)67)105(68)69)116(106(70)71)107(72)73)22(25)88(111(80-35)97(52)53)114(102(62)63)103(64)65/h76-80H,30-75H2,1-6H3,(H2,117,118,123). The third-order valence-electron chi connectivity index (χ3n) is 33.2. The molecule has 4 aromatic carbocycles. The van der Waals surface area contributed by atoms with Crippen molar-refractivity contribution in [1.29, 1.82) is 0 Å². The smallest absolute Gasteiger partial charge is 0.318 e. The quantitative estimate of drug-likeness (QED) is 0.0335. The molecular weight excluding hydrogens is 1390 g/mol. The van der Waals surface area contributed by atoms with Crippen LogP contribution in [0.3, 0.4) is 0 Å². The first-order valence-corrected chi connectivity index (χ1v) is 51.8. The van der Waals surface area contributed by atoms with Gasteiger partial charge in [-0.05, 0) is 51.3 Å². The van der Waals surface area contributed by atoms with Gasteiger partial charge in [0.1, 0.15) is 7.85 Å². The highest BCUT2D eigenvalue weighted by molar-refractivity contribution is 8.12. The van der Waals surface area contributed by atoms with Crippen molar-refractivity contribution >= 4 is 722 Å². The molecule has 0 aromatic heterocycles. The van der Waals surface area contributed by atoms with Gasteiger partial charge >= 0.3 is 6.03 Å². The molecule has 0 saturated heterocycles. The molecule has 4 aromatic rings. The number of nitrogens with zero attached hydrogens (tertiary/aromatic N) is 4. The highest BCUT2D eigenvalue weighted by Gasteiger charge is 2.54. The van der Waals surface area contributed by atoms with Crippen molar-refractivity contribution in [2.24, 2.45) is 20.5 Å². The minimum Gasteiger partial charge on any atom is -0.341 e. The van der Waals surface area contributed by atoms with Gasteiger partial charge in [0.2, 0.25) is 0 Å². The van der Waals surface area contributed by atoms with Crippen molar-refractivity contribution < 1.29 is 4.79 Å². The summed E-state index contributed by atoms with van der Waals surface area (Å²) >= 11 is 0. The topological polar surface area (TPSA) is 90.6 Å². The fourth-order valence-electron chi connectivity index (χ4n) is 26.9. The Balaban J connectivity index is 3.35. The number of aryl methyl sites for hydroxylation is 1. The molecule has 2 N–H and O–H groups in total. The summed E-state index contributed by atoms with van der Waals surface area (Å²) in [6.45, 7) is 13.5. The van der Waals surface area contributed by atoms with Gasteiger partial charge in [0.05, 0.1) is 443 Å². The van der Waals surface area contributed by atoms with Crippen molar-refractivity contribution in [1.82, 2.24) is 5.32 Å². The molecule has 0 aliphatic heterocycles. The molecule has 123 heavy (non-hydrogen) atoms. The Morgan fingerprint density at radius 3 is 1.04 bits per heavy atom. The minimum absolute atomic E-state index is 0.00952. The molecule has 0 fully saturated rings. The van der Waals surface area contributed by atoms with E-state index in [1.807, 2.05) is 7.05 Å². The number of urea groups is 1. The van der Waals surface area contributed by atoms with Gasteiger partial charge in [-0.3, -0.25) is 0 Å². The summed E-state index contributed by atoms with van der Waals surface area (Å²) < 4.78 is 0. The van der Waals surface area contributed by atoms with E-state index in [2.05, 4.69) is 401 Å². The first-order valence-electron chi connectivity index (χ1n) is 51.8. The number of hydrogen-bond donors (Lipinski definition) is 2. The molecule has 0 radical (unpaired) electrons. The zero-order valence-corrected chi connectivity index (χ0v) is 91.0. The van der Waals surface area contributed by atoms with Crippen LogP contribution in [0.25, 0.3) is 10.8 Å². The summed E-state index contributed by atoms with van der Waals surface area (Å²) in [6.07, 6.45) is 8.23. The van der Waals surface area contributed by atoms with Crippen molar-refractivity contribution in [2.45, 2.75) is 34.6 Å². The fraction of sp³-hybridized carbons (Fsp3) is 0.207. The summed E-state index contributed by atoms with van der Waals surface area (Å²) in [4.78, 5) is 15.8. The van der Waals surface area contributed by atoms with Crippen molar-refractivity contribution in [3.8, 4) is 0 Å². The minimum atomic E-state index is -0.154. The second kappa shape index (κ2) is 51.4. The first kappa shape index (κ1) is 117. The average Bonchev–Trinajstić information content (AvgIpc) is 0.699. The molecule has 0 aliphatic rings. The maximum atomic E-state index is 15.8. The number of carbonyl (C=O) groups excluding carboxylic acids is 1. The molecule has 0 unspecified atom stereocenters. The predicted octanol–water partition coefficient (Wildman–Crippen LogP) is -58.4. The average molecular weight is 1510 g/mol. The van der Waals surface area contributed by atoms with E-state index in [1.54, 1.807) is 10.9 Å². The number of azo groups is 2. The lowest BCUT2D eigenvalue weighted by molar-refractivity contribution is 0.254. The fourth-order valence-corrected chi connectivity index (χ4v) is 26.9. The van der Waals surface area contributed by atoms with E-state index in [1.165, 1.54) is 82.3 Å². The van der Waals surface area contributed by atoms with Crippen molar-refractivity contribution in [3.05, 3.63) is 27.8 Å². The molecule has 94 heteroatoms. The number of carbonyl (C=O) groups is 1. The van der Waals surface area contributed by atoms with Crippen LogP contribution in [0, 0.1) is 34.6 Å². The highest BCUT2D eigenvalue weighted by Crippen LogP contribution is 2.40. The van der Waals surface area contributed by atoms with Crippen LogP contribution in [-0.4, -0.2) is 635 Å². The molecule has 4 rings (SSSR count). The van der Waals surface area contributed by atoms with Crippen LogP contribution in [0.5, 0.6) is 0 Å². The Hall–Kier alpha value is 1.26. The molecule has 0 spiro atoms.